The Morgan fingerprint density at radius 3 is 2.79 bits per heavy atom. The summed E-state index contributed by atoms with van der Waals surface area (Å²) in [5.74, 6) is -0.796. The van der Waals surface area contributed by atoms with Crippen LogP contribution < -0.4 is 10.6 Å². The molecule has 1 aromatic heterocycles. The highest BCUT2D eigenvalue weighted by molar-refractivity contribution is 5.79. The number of carboxylic acid groups (broad SMARTS) is 1. The number of hydrogen-bond acceptors (Lipinski definition) is 5. The molecule has 1 rings (SSSR count). The Balaban J connectivity index is 2.18. The van der Waals surface area contributed by atoms with Crippen LogP contribution in [0.3, 0.4) is 0 Å². The van der Waals surface area contributed by atoms with Crippen LogP contribution in [0.15, 0.2) is 0 Å². The summed E-state index contributed by atoms with van der Waals surface area (Å²) in [5, 5.41) is 25.3. The smallest absolute Gasteiger partial charge is 0.323 e. The Bertz CT molecular complexity index is 309. The predicted octanol–water partition coefficient (Wildman–Crippen LogP) is -1.92. The van der Waals surface area contributed by atoms with Gasteiger partial charge in [0.2, 0.25) is 0 Å². The second-order valence-corrected chi connectivity index (χ2v) is 2.26. The van der Waals surface area contributed by atoms with Crippen molar-refractivity contribution in [1.29, 1.82) is 0 Å². The van der Waals surface area contributed by atoms with E-state index in [-0.39, 0.29) is 6.54 Å². The molecule has 14 heavy (non-hydrogen) atoms. The van der Waals surface area contributed by atoms with Gasteiger partial charge in [0.25, 0.3) is 0 Å². The van der Waals surface area contributed by atoms with Gasteiger partial charge in [-0.2, -0.15) is 5.21 Å². The predicted molar refractivity (Wildman–Crippen MR) is 42.1 cm³/mol. The van der Waals surface area contributed by atoms with Crippen molar-refractivity contribution in [2.45, 2.75) is 6.54 Å². The zero-order valence-electron chi connectivity index (χ0n) is 7.02. The molecule has 0 aliphatic carbocycles. The molecule has 0 saturated heterocycles. The van der Waals surface area contributed by atoms with Crippen molar-refractivity contribution in [2.75, 3.05) is 6.54 Å². The molecule has 0 spiro atoms. The Morgan fingerprint density at radius 1 is 1.43 bits per heavy atom. The van der Waals surface area contributed by atoms with E-state index in [1.807, 2.05) is 0 Å². The molecular weight excluding hydrogens is 192 g/mol. The fraction of sp³-hybridized carbons (Fsp3) is 0.400. The lowest BCUT2D eigenvalue weighted by Crippen LogP contribution is -2.38. The molecule has 1 aromatic rings. The average molecular weight is 200 g/mol. The molecule has 0 saturated carbocycles. The van der Waals surface area contributed by atoms with E-state index in [0.29, 0.717) is 5.82 Å². The van der Waals surface area contributed by atoms with Gasteiger partial charge in [0.1, 0.15) is 6.54 Å². The normalized spacial score (nSPS) is 9.43. The molecule has 0 bridgehead atoms. The lowest BCUT2D eigenvalue weighted by molar-refractivity contribution is -0.135. The van der Waals surface area contributed by atoms with Crippen molar-refractivity contribution < 1.29 is 14.7 Å². The monoisotopic (exact) mass is 200 g/mol. The molecule has 0 radical (unpaired) electrons. The van der Waals surface area contributed by atoms with Gasteiger partial charge in [0.15, 0.2) is 5.82 Å². The molecule has 4 N–H and O–H groups in total. The third kappa shape index (κ3) is 3.47. The van der Waals surface area contributed by atoms with Crippen LogP contribution >= 0.6 is 0 Å². The van der Waals surface area contributed by atoms with E-state index in [4.69, 9.17) is 5.11 Å². The molecule has 76 valence electrons. The summed E-state index contributed by atoms with van der Waals surface area (Å²) in [6.07, 6.45) is 0. The molecule has 0 fully saturated rings. The standard InChI is InChI=1S/C5H8N6O3/c12-4(13)2-7-5(14)6-1-3-8-10-11-9-3/h1-2H2,(H,12,13)(H2,6,7,14)(H,8,9,10,11). The fourth-order valence-electron chi connectivity index (χ4n) is 0.635. The minimum absolute atomic E-state index is 0.0853. The third-order valence-electron chi connectivity index (χ3n) is 1.20. The minimum Gasteiger partial charge on any atom is -0.480 e. The molecule has 9 nitrogen and oxygen atoms in total. The van der Waals surface area contributed by atoms with E-state index in [0.717, 1.165) is 0 Å². The summed E-state index contributed by atoms with van der Waals surface area (Å²) in [6, 6.07) is -0.600. The zero-order valence-corrected chi connectivity index (χ0v) is 7.02. The lowest BCUT2D eigenvalue weighted by atomic mass is 10.6. The van der Waals surface area contributed by atoms with Crippen LogP contribution in [-0.2, 0) is 11.3 Å². The molecule has 0 aliphatic rings. The van der Waals surface area contributed by atoms with Crippen LogP contribution in [0.5, 0.6) is 0 Å². The molecule has 0 aliphatic heterocycles. The van der Waals surface area contributed by atoms with E-state index in [1.165, 1.54) is 0 Å². The Hall–Kier alpha value is -2.19. The maximum atomic E-state index is 10.9. The Morgan fingerprint density at radius 2 is 2.21 bits per heavy atom. The summed E-state index contributed by atoms with van der Waals surface area (Å²) >= 11 is 0. The van der Waals surface area contributed by atoms with E-state index in [1.54, 1.807) is 0 Å². The number of rotatable bonds is 4. The number of H-pyrrole nitrogens is 1. The molecule has 1 heterocycles. The van der Waals surface area contributed by atoms with Gasteiger partial charge in [-0.3, -0.25) is 4.79 Å². The topological polar surface area (TPSA) is 133 Å². The maximum absolute atomic E-state index is 10.9. The summed E-state index contributed by atoms with van der Waals surface area (Å²) in [6.45, 7) is -0.347. The number of aromatic nitrogens is 4. The minimum atomic E-state index is -1.11. The first kappa shape index (κ1) is 9.89. The van der Waals surface area contributed by atoms with Gasteiger partial charge < -0.3 is 15.7 Å². The second-order valence-electron chi connectivity index (χ2n) is 2.26. The molecular formula is C5H8N6O3. The summed E-state index contributed by atoms with van der Waals surface area (Å²) in [4.78, 5) is 20.9. The first-order chi connectivity index (χ1) is 6.68. The summed E-state index contributed by atoms with van der Waals surface area (Å²) in [7, 11) is 0. The molecule has 0 atom stereocenters. The van der Waals surface area contributed by atoms with Crippen LogP contribution in [-0.4, -0.2) is 44.3 Å². The highest BCUT2D eigenvalue weighted by Crippen LogP contribution is 1.80. The number of nitrogens with zero attached hydrogens (tertiary/aromatic N) is 3. The molecule has 0 aromatic carbocycles. The van der Waals surface area contributed by atoms with Crippen molar-refractivity contribution in [3.05, 3.63) is 5.82 Å². The number of tetrazole rings is 1. The van der Waals surface area contributed by atoms with Crippen molar-refractivity contribution >= 4 is 12.0 Å². The molecule has 0 unspecified atom stereocenters. The largest absolute Gasteiger partial charge is 0.480 e. The Labute approximate surface area is 77.9 Å². The SMILES string of the molecule is O=C(O)CNC(=O)NCc1nn[nH]n1. The van der Waals surface area contributed by atoms with Crippen molar-refractivity contribution in [2.24, 2.45) is 0 Å². The Kier molecular flexibility index (Phi) is 3.35. The van der Waals surface area contributed by atoms with Crippen molar-refractivity contribution in [3.63, 3.8) is 0 Å². The van der Waals surface area contributed by atoms with E-state index >= 15 is 0 Å². The van der Waals surface area contributed by atoms with Gasteiger partial charge in [-0.25, -0.2) is 4.79 Å². The van der Waals surface area contributed by atoms with Crippen molar-refractivity contribution in [1.82, 2.24) is 31.3 Å². The maximum Gasteiger partial charge on any atom is 0.323 e. The number of amides is 2. The number of aliphatic carboxylic acids is 1. The lowest BCUT2D eigenvalue weighted by Gasteiger charge is -2.02. The van der Waals surface area contributed by atoms with Crippen LogP contribution in [0, 0.1) is 0 Å². The van der Waals surface area contributed by atoms with Gasteiger partial charge in [-0.05, 0) is 0 Å². The number of hydrogen-bond donors (Lipinski definition) is 4. The van der Waals surface area contributed by atoms with E-state index in [9.17, 15) is 9.59 Å². The zero-order chi connectivity index (χ0) is 10.4. The number of nitrogens with one attached hydrogen (secondary N) is 3. The van der Waals surface area contributed by atoms with Crippen LogP contribution in [0.25, 0.3) is 0 Å². The van der Waals surface area contributed by atoms with E-state index < -0.39 is 18.5 Å². The van der Waals surface area contributed by atoms with Gasteiger partial charge in [-0.1, -0.05) is 5.21 Å². The number of carboxylic acids is 1. The summed E-state index contributed by atoms with van der Waals surface area (Å²) < 4.78 is 0. The quantitative estimate of drug-likeness (QED) is 0.448. The summed E-state index contributed by atoms with van der Waals surface area (Å²) in [5.41, 5.74) is 0. The van der Waals surface area contributed by atoms with Gasteiger partial charge in [0, 0.05) is 0 Å². The number of urea groups is 1. The molecule has 2 amide bonds. The van der Waals surface area contributed by atoms with Crippen LogP contribution in [0.1, 0.15) is 5.82 Å². The average Bonchev–Trinajstić information content (AvgIpc) is 2.63. The van der Waals surface area contributed by atoms with Crippen LogP contribution in [0.4, 0.5) is 4.79 Å². The van der Waals surface area contributed by atoms with Gasteiger partial charge in [-0.15, -0.1) is 10.2 Å². The van der Waals surface area contributed by atoms with Crippen LogP contribution in [0.2, 0.25) is 0 Å². The van der Waals surface area contributed by atoms with Gasteiger partial charge in [0.05, 0.1) is 6.54 Å². The molecule has 9 heteroatoms. The second kappa shape index (κ2) is 4.74. The number of carbonyl (C=O) groups excluding carboxylic acids is 1. The van der Waals surface area contributed by atoms with Crippen molar-refractivity contribution in [3.8, 4) is 0 Å². The fourth-order valence-corrected chi connectivity index (χ4v) is 0.635. The van der Waals surface area contributed by atoms with E-state index in [2.05, 4.69) is 31.3 Å². The van der Waals surface area contributed by atoms with Gasteiger partial charge >= 0.3 is 12.0 Å². The number of aromatic amines is 1. The first-order valence-electron chi connectivity index (χ1n) is 3.64. The third-order valence-corrected chi connectivity index (χ3v) is 1.20. The highest BCUT2D eigenvalue weighted by atomic mass is 16.4. The number of carbonyl (C=O) groups is 2. The highest BCUT2D eigenvalue weighted by Gasteiger charge is 2.04. The first-order valence-corrected chi connectivity index (χ1v) is 3.64.